The summed E-state index contributed by atoms with van der Waals surface area (Å²) in [5, 5.41) is 0. The summed E-state index contributed by atoms with van der Waals surface area (Å²) < 4.78 is 11.1. The zero-order valence-electron chi connectivity index (χ0n) is 15.9. The summed E-state index contributed by atoms with van der Waals surface area (Å²) in [6.45, 7) is 4.43. The van der Waals surface area contributed by atoms with Crippen molar-refractivity contribution >= 4 is 5.91 Å². The SMILES string of the molecule is COc1ccc(-c2cnc(CN3CCC(C(=O)N4CCCC4)CC3)o2)cc1. The molecule has 2 aliphatic rings. The lowest BCUT2D eigenvalue weighted by Gasteiger charge is -2.32. The van der Waals surface area contributed by atoms with E-state index in [1.807, 2.05) is 24.3 Å². The van der Waals surface area contributed by atoms with Crippen LogP contribution in [-0.4, -0.2) is 54.0 Å². The summed E-state index contributed by atoms with van der Waals surface area (Å²) in [6, 6.07) is 7.77. The van der Waals surface area contributed by atoms with Crippen molar-refractivity contribution < 1.29 is 13.9 Å². The third kappa shape index (κ3) is 4.16. The van der Waals surface area contributed by atoms with Gasteiger partial charge in [0, 0.05) is 24.6 Å². The van der Waals surface area contributed by atoms with E-state index in [4.69, 9.17) is 9.15 Å². The lowest BCUT2D eigenvalue weighted by Crippen LogP contribution is -2.41. The van der Waals surface area contributed by atoms with Crippen LogP contribution in [0.1, 0.15) is 31.6 Å². The zero-order valence-corrected chi connectivity index (χ0v) is 15.9. The van der Waals surface area contributed by atoms with Crippen molar-refractivity contribution in [3.05, 3.63) is 36.4 Å². The fourth-order valence-electron chi connectivity index (χ4n) is 4.00. The summed E-state index contributed by atoms with van der Waals surface area (Å²) in [5.74, 6) is 2.88. The minimum Gasteiger partial charge on any atom is -0.497 e. The topological polar surface area (TPSA) is 58.8 Å². The molecular weight excluding hydrogens is 342 g/mol. The molecule has 3 heterocycles. The van der Waals surface area contributed by atoms with Gasteiger partial charge in [0.2, 0.25) is 11.8 Å². The molecule has 6 heteroatoms. The Hall–Kier alpha value is -2.34. The summed E-state index contributed by atoms with van der Waals surface area (Å²) in [4.78, 5) is 21.4. The smallest absolute Gasteiger partial charge is 0.225 e. The van der Waals surface area contributed by atoms with Crippen molar-refractivity contribution in [3.8, 4) is 17.1 Å². The molecule has 2 aromatic rings. The average molecular weight is 369 g/mol. The van der Waals surface area contributed by atoms with Crippen LogP contribution in [0.3, 0.4) is 0 Å². The van der Waals surface area contributed by atoms with Gasteiger partial charge < -0.3 is 14.1 Å². The highest BCUT2D eigenvalue weighted by molar-refractivity contribution is 5.79. The average Bonchev–Trinajstić information content (AvgIpc) is 3.40. The Morgan fingerprint density at radius 1 is 1.15 bits per heavy atom. The summed E-state index contributed by atoms with van der Waals surface area (Å²) in [7, 11) is 1.66. The van der Waals surface area contributed by atoms with Crippen LogP contribution in [0.2, 0.25) is 0 Å². The van der Waals surface area contributed by atoms with Crippen LogP contribution in [-0.2, 0) is 11.3 Å². The number of piperidine rings is 1. The number of oxazole rings is 1. The van der Waals surface area contributed by atoms with E-state index in [9.17, 15) is 4.79 Å². The molecule has 2 fully saturated rings. The van der Waals surface area contributed by atoms with Crippen LogP contribution >= 0.6 is 0 Å². The normalized spacial score (nSPS) is 18.8. The third-order valence-electron chi connectivity index (χ3n) is 5.64. The number of methoxy groups -OCH3 is 1. The number of nitrogens with zero attached hydrogens (tertiary/aromatic N) is 3. The second-order valence-corrected chi connectivity index (χ2v) is 7.43. The van der Waals surface area contributed by atoms with Gasteiger partial charge in [0.25, 0.3) is 0 Å². The maximum absolute atomic E-state index is 12.5. The molecule has 144 valence electrons. The van der Waals surface area contributed by atoms with Gasteiger partial charge in [0.05, 0.1) is 19.9 Å². The highest BCUT2D eigenvalue weighted by Gasteiger charge is 2.30. The van der Waals surface area contributed by atoms with E-state index in [-0.39, 0.29) is 5.92 Å². The highest BCUT2D eigenvalue weighted by atomic mass is 16.5. The molecule has 0 radical (unpaired) electrons. The molecule has 27 heavy (non-hydrogen) atoms. The minimum atomic E-state index is 0.193. The van der Waals surface area contributed by atoms with Crippen LogP contribution in [0.15, 0.2) is 34.9 Å². The Morgan fingerprint density at radius 2 is 1.85 bits per heavy atom. The molecule has 0 N–H and O–H groups in total. The Balaban J connectivity index is 1.30. The standard InChI is InChI=1S/C21H27N3O3/c1-26-18-6-4-16(5-7-18)19-14-22-20(27-19)15-23-12-8-17(9-13-23)21(25)24-10-2-3-11-24/h4-7,14,17H,2-3,8-13,15H2,1H3. The second kappa shape index (κ2) is 8.13. The van der Waals surface area contributed by atoms with Gasteiger partial charge in [-0.3, -0.25) is 9.69 Å². The number of likely N-dealkylation sites (tertiary alicyclic amines) is 2. The van der Waals surface area contributed by atoms with Crippen LogP contribution in [0.4, 0.5) is 0 Å². The van der Waals surface area contributed by atoms with Gasteiger partial charge >= 0.3 is 0 Å². The highest BCUT2D eigenvalue weighted by Crippen LogP contribution is 2.26. The third-order valence-corrected chi connectivity index (χ3v) is 5.64. The van der Waals surface area contributed by atoms with Gasteiger partial charge in [-0.25, -0.2) is 4.98 Å². The lowest BCUT2D eigenvalue weighted by molar-refractivity contribution is -0.136. The fourth-order valence-corrected chi connectivity index (χ4v) is 4.00. The van der Waals surface area contributed by atoms with Crippen molar-refractivity contribution in [2.24, 2.45) is 5.92 Å². The number of aromatic nitrogens is 1. The molecule has 1 amide bonds. The maximum atomic E-state index is 12.5. The zero-order chi connectivity index (χ0) is 18.6. The molecule has 0 aliphatic carbocycles. The molecule has 0 atom stereocenters. The number of rotatable bonds is 5. The second-order valence-electron chi connectivity index (χ2n) is 7.43. The van der Waals surface area contributed by atoms with Crippen LogP contribution < -0.4 is 4.74 Å². The number of amides is 1. The summed E-state index contributed by atoms with van der Waals surface area (Å²) in [6.07, 6.45) is 5.96. The van der Waals surface area contributed by atoms with Gasteiger partial charge in [-0.2, -0.15) is 0 Å². The number of hydrogen-bond donors (Lipinski definition) is 0. The van der Waals surface area contributed by atoms with Crippen LogP contribution in [0.5, 0.6) is 5.75 Å². The number of carbonyl (C=O) groups excluding carboxylic acids is 1. The number of hydrogen-bond acceptors (Lipinski definition) is 5. The van der Waals surface area contributed by atoms with E-state index < -0.39 is 0 Å². The van der Waals surface area contributed by atoms with E-state index >= 15 is 0 Å². The minimum absolute atomic E-state index is 0.193. The van der Waals surface area contributed by atoms with Gasteiger partial charge in [-0.15, -0.1) is 0 Å². The largest absolute Gasteiger partial charge is 0.497 e. The van der Waals surface area contributed by atoms with Crippen molar-refractivity contribution in [1.82, 2.24) is 14.8 Å². The molecule has 2 aliphatic heterocycles. The molecule has 0 unspecified atom stereocenters. The molecule has 4 rings (SSSR count). The molecule has 0 bridgehead atoms. The van der Waals surface area contributed by atoms with Crippen molar-refractivity contribution in [2.75, 3.05) is 33.3 Å². The Kier molecular flexibility index (Phi) is 5.43. The molecule has 6 nitrogen and oxygen atoms in total. The predicted octanol–water partition coefficient (Wildman–Crippen LogP) is 3.18. The van der Waals surface area contributed by atoms with E-state index in [2.05, 4.69) is 14.8 Å². The molecule has 2 saturated heterocycles. The number of carbonyl (C=O) groups is 1. The number of benzene rings is 1. The predicted molar refractivity (Wildman–Crippen MR) is 102 cm³/mol. The number of ether oxygens (including phenoxy) is 1. The maximum Gasteiger partial charge on any atom is 0.225 e. The molecule has 1 aromatic carbocycles. The van der Waals surface area contributed by atoms with Crippen LogP contribution in [0, 0.1) is 5.92 Å². The lowest BCUT2D eigenvalue weighted by atomic mass is 9.95. The first-order chi connectivity index (χ1) is 13.2. The molecule has 0 saturated carbocycles. The Bertz CT molecular complexity index is 757. The van der Waals surface area contributed by atoms with E-state index in [0.29, 0.717) is 12.5 Å². The first-order valence-electron chi connectivity index (χ1n) is 9.83. The Morgan fingerprint density at radius 3 is 2.52 bits per heavy atom. The van der Waals surface area contributed by atoms with Crippen molar-refractivity contribution in [3.63, 3.8) is 0 Å². The molecule has 1 aromatic heterocycles. The summed E-state index contributed by atoms with van der Waals surface area (Å²) >= 11 is 0. The van der Waals surface area contributed by atoms with E-state index in [1.165, 1.54) is 0 Å². The molecule has 0 spiro atoms. The van der Waals surface area contributed by atoms with Gasteiger partial charge in [-0.1, -0.05) is 0 Å². The summed E-state index contributed by atoms with van der Waals surface area (Å²) in [5.41, 5.74) is 0.990. The van der Waals surface area contributed by atoms with Crippen molar-refractivity contribution in [2.45, 2.75) is 32.2 Å². The van der Waals surface area contributed by atoms with E-state index in [1.54, 1.807) is 13.3 Å². The Labute approximate surface area is 160 Å². The van der Waals surface area contributed by atoms with Gasteiger partial charge in [0.1, 0.15) is 5.75 Å². The fraction of sp³-hybridized carbons (Fsp3) is 0.524. The molecular formula is C21H27N3O3. The monoisotopic (exact) mass is 369 g/mol. The van der Waals surface area contributed by atoms with E-state index in [0.717, 1.165) is 74.8 Å². The van der Waals surface area contributed by atoms with Gasteiger partial charge in [-0.05, 0) is 63.0 Å². The van der Waals surface area contributed by atoms with Crippen LogP contribution in [0.25, 0.3) is 11.3 Å². The van der Waals surface area contributed by atoms with Crippen molar-refractivity contribution in [1.29, 1.82) is 0 Å². The quantitative estimate of drug-likeness (QED) is 0.810. The van der Waals surface area contributed by atoms with Gasteiger partial charge in [0.15, 0.2) is 5.76 Å². The first kappa shape index (κ1) is 18.0. The first-order valence-corrected chi connectivity index (χ1v) is 9.83.